The van der Waals surface area contributed by atoms with E-state index in [1.54, 1.807) is 12.1 Å². The lowest BCUT2D eigenvalue weighted by atomic mass is 10.1. The first-order chi connectivity index (χ1) is 10.2. The molecule has 3 N–H and O–H groups in total. The van der Waals surface area contributed by atoms with Gasteiger partial charge in [0.05, 0.1) is 17.0 Å². The smallest absolute Gasteiger partial charge is 0.279 e. The summed E-state index contributed by atoms with van der Waals surface area (Å²) < 4.78 is 0. The molecule has 0 unspecified atom stereocenters. The molecular weight excluding hydrogens is 286 g/mol. The maximum absolute atomic E-state index is 12.0. The number of thiophene rings is 1. The van der Waals surface area contributed by atoms with E-state index in [9.17, 15) is 9.90 Å². The Kier molecular flexibility index (Phi) is 3.45. The Morgan fingerprint density at radius 1 is 1.24 bits per heavy atom. The summed E-state index contributed by atoms with van der Waals surface area (Å²) in [7, 11) is 0. The SMILES string of the molecule is N=C1C(c2ccccc2)=C(O)CN1NC(=O)c1cccs1. The van der Waals surface area contributed by atoms with Gasteiger partial charge in [0, 0.05) is 0 Å². The van der Waals surface area contributed by atoms with Crippen LogP contribution in [-0.2, 0) is 0 Å². The zero-order valence-corrected chi connectivity index (χ0v) is 11.9. The zero-order valence-electron chi connectivity index (χ0n) is 11.0. The fourth-order valence-electron chi connectivity index (χ4n) is 2.17. The minimum Gasteiger partial charge on any atom is -0.510 e. The van der Waals surface area contributed by atoms with E-state index in [1.807, 2.05) is 35.7 Å². The lowest BCUT2D eigenvalue weighted by Crippen LogP contribution is -2.43. The van der Waals surface area contributed by atoms with Crippen molar-refractivity contribution in [3.8, 4) is 0 Å². The molecule has 1 aromatic heterocycles. The molecule has 21 heavy (non-hydrogen) atoms. The Labute approximate surface area is 125 Å². The second-order valence-electron chi connectivity index (χ2n) is 4.54. The highest BCUT2D eigenvalue weighted by Crippen LogP contribution is 2.26. The van der Waals surface area contributed by atoms with Crippen molar-refractivity contribution in [3.05, 3.63) is 64.0 Å². The summed E-state index contributed by atoms with van der Waals surface area (Å²) in [6.45, 7) is 0.0974. The van der Waals surface area contributed by atoms with Gasteiger partial charge in [-0.1, -0.05) is 36.4 Å². The van der Waals surface area contributed by atoms with Crippen LogP contribution in [0.3, 0.4) is 0 Å². The van der Waals surface area contributed by atoms with Crippen LogP contribution in [0.2, 0.25) is 0 Å². The van der Waals surface area contributed by atoms with Crippen LogP contribution >= 0.6 is 11.3 Å². The molecule has 1 aliphatic heterocycles. The third kappa shape index (κ3) is 2.53. The molecule has 2 aromatic rings. The predicted molar refractivity (Wildman–Crippen MR) is 82.2 cm³/mol. The summed E-state index contributed by atoms with van der Waals surface area (Å²) in [6, 6.07) is 12.7. The summed E-state index contributed by atoms with van der Waals surface area (Å²) in [5.41, 5.74) is 3.84. The van der Waals surface area contributed by atoms with Crippen LogP contribution in [0.5, 0.6) is 0 Å². The molecule has 0 saturated heterocycles. The number of hydrogen-bond acceptors (Lipinski definition) is 4. The van der Waals surface area contributed by atoms with Crippen molar-refractivity contribution in [2.45, 2.75) is 0 Å². The van der Waals surface area contributed by atoms with Gasteiger partial charge in [0.25, 0.3) is 5.91 Å². The third-order valence-electron chi connectivity index (χ3n) is 3.15. The molecule has 0 atom stereocenters. The Hall–Kier alpha value is -2.60. The highest BCUT2D eigenvalue weighted by Gasteiger charge is 2.29. The molecule has 1 amide bonds. The highest BCUT2D eigenvalue weighted by molar-refractivity contribution is 7.12. The molecular formula is C15H13N3O2S. The van der Waals surface area contributed by atoms with E-state index in [-0.39, 0.29) is 24.0 Å². The Morgan fingerprint density at radius 2 is 2.00 bits per heavy atom. The third-order valence-corrected chi connectivity index (χ3v) is 4.02. The Bertz CT molecular complexity index is 708. The number of benzene rings is 1. The van der Waals surface area contributed by atoms with E-state index in [2.05, 4.69) is 5.43 Å². The zero-order chi connectivity index (χ0) is 14.8. The second-order valence-corrected chi connectivity index (χ2v) is 5.49. The molecule has 0 fully saturated rings. The largest absolute Gasteiger partial charge is 0.510 e. The predicted octanol–water partition coefficient (Wildman–Crippen LogP) is 2.66. The number of aliphatic hydroxyl groups excluding tert-OH is 1. The van der Waals surface area contributed by atoms with Crippen LogP contribution < -0.4 is 5.43 Å². The fourth-order valence-corrected chi connectivity index (χ4v) is 2.78. The van der Waals surface area contributed by atoms with Gasteiger partial charge in [-0.3, -0.25) is 20.6 Å². The standard InChI is InChI=1S/C15H13N3O2S/c16-14-13(10-5-2-1-3-6-10)11(19)9-18(14)17-15(20)12-7-4-8-21-12/h1-8,16,19H,9H2,(H,17,20). The van der Waals surface area contributed by atoms with Gasteiger partial charge in [-0.15, -0.1) is 11.3 Å². The molecule has 0 bridgehead atoms. The maximum Gasteiger partial charge on any atom is 0.279 e. The molecule has 1 aromatic carbocycles. The van der Waals surface area contributed by atoms with Gasteiger partial charge >= 0.3 is 0 Å². The van der Waals surface area contributed by atoms with Gasteiger partial charge in [-0.05, 0) is 17.0 Å². The molecule has 106 valence electrons. The van der Waals surface area contributed by atoms with Crippen molar-refractivity contribution in [2.24, 2.45) is 0 Å². The molecule has 3 rings (SSSR count). The van der Waals surface area contributed by atoms with Gasteiger partial charge < -0.3 is 5.11 Å². The summed E-state index contributed by atoms with van der Waals surface area (Å²) in [6.07, 6.45) is 0. The van der Waals surface area contributed by atoms with Crippen LogP contribution in [0.25, 0.3) is 5.57 Å². The minimum absolute atomic E-state index is 0.0812. The first kappa shape index (κ1) is 13.4. The topological polar surface area (TPSA) is 76.4 Å². The van der Waals surface area contributed by atoms with Crippen LogP contribution in [0.4, 0.5) is 0 Å². The molecule has 0 aliphatic carbocycles. The quantitative estimate of drug-likeness (QED) is 0.815. The molecule has 0 radical (unpaired) electrons. The lowest BCUT2D eigenvalue weighted by molar-refractivity contribution is 0.0879. The number of carbonyl (C=O) groups is 1. The molecule has 2 heterocycles. The van der Waals surface area contributed by atoms with Crippen molar-refractivity contribution in [1.82, 2.24) is 10.4 Å². The summed E-state index contributed by atoms with van der Waals surface area (Å²) in [4.78, 5) is 12.6. The van der Waals surface area contributed by atoms with Crippen molar-refractivity contribution in [1.29, 1.82) is 5.41 Å². The first-order valence-corrected chi connectivity index (χ1v) is 7.23. The average molecular weight is 299 g/mol. The van der Waals surface area contributed by atoms with Crippen LogP contribution in [0, 0.1) is 5.41 Å². The number of carbonyl (C=O) groups excluding carboxylic acids is 1. The van der Waals surface area contributed by atoms with Crippen molar-refractivity contribution in [2.75, 3.05) is 6.54 Å². The van der Waals surface area contributed by atoms with Crippen LogP contribution in [0.15, 0.2) is 53.6 Å². The molecule has 5 nitrogen and oxygen atoms in total. The van der Waals surface area contributed by atoms with Gasteiger partial charge in [-0.25, -0.2) is 0 Å². The fraction of sp³-hybridized carbons (Fsp3) is 0.0667. The average Bonchev–Trinajstić information content (AvgIpc) is 3.09. The number of nitrogens with one attached hydrogen (secondary N) is 2. The second kappa shape index (κ2) is 5.41. The van der Waals surface area contributed by atoms with Gasteiger partial charge in [0.2, 0.25) is 0 Å². The highest BCUT2D eigenvalue weighted by atomic mass is 32.1. The van der Waals surface area contributed by atoms with E-state index in [0.29, 0.717) is 10.5 Å². The molecule has 1 aliphatic rings. The van der Waals surface area contributed by atoms with Crippen molar-refractivity contribution >= 4 is 28.7 Å². The summed E-state index contributed by atoms with van der Waals surface area (Å²) in [5, 5.41) is 21.4. The number of hydrogen-bond donors (Lipinski definition) is 3. The van der Waals surface area contributed by atoms with Crippen LogP contribution in [-0.4, -0.2) is 28.4 Å². The van der Waals surface area contributed by atoms with E-state index >= 15 is 0 Å². The normalized spacial score (nSPS) is 14.7. The molecule has 0 saturated carbocycles. The number of aliphatic hydroxyl groups is 1. The first-order valence-electron chi connectivity index (χ1n) is 6.35. The monoisotopic (exact) mass is 299 g/mol. The van der Waals surface area contributed by atoms with E-state index in [0.717, 1.165) is 5.56 Å². The lowest BCUT2D eigenvalue weighted by Gasteiger charge is -2.19. The summed E-state index contributed by atoms with van der Waals surface area (Å²) in [5.74, 6) is -0.113. The maximum atomic E-state index is 12.0. The number of amidine groups is 1. The van der Waals surface area contributed by atoms with E-state index < -0.39 is 0 Å². The van der Waals surface area contributed by atoms with E-state index in [1.165, 1.54) is 16.3 Å². The van der Waals surface area contributed by atoms with Gasteiger partial charge in [0.1, 0.15) is 5.76 Å². The van der Waals surface area contributed by atoms with Crippen molar-refractivity contribution < 1.29 is 9.90 Å². The van der Waals surface area contributed by atoms with Gasteiger partial charge in [-0.2, -0.15) is 0 Å². The number of rotatable bonds is 3. The van der Waals surface area contributed by atoms with Gasteiger partial charge in [0.15, 0.2) is 5.84 Å². The van der Waals surface area contributed by atoms with Crippen molar-refractivity contribution in [3.63, 3.8) is 0 Å². The van der Waals surface area contributed by atoms with Crippen LogP contribution in [0.1, 0.15) is 15.2 Å². The Morgan fingerprint density at radius 3 is 2.67 bits per heavy atom. The van der Waals surface area contributed by atoms with E-state index in [4.69, 9.17) is 5.41 Å². The molecule has 6 heteroatoms. The Balaban J connectivity index is 1.78. The number of hydrazine groups is 1. The number of nitrogens with zero attached hydrogens (tertiary/aromatic N) is 1. The molecule has 0 spiro atoms. The minimum atomic E-state index is -0.281. The summed E-state index contributed by atoms with van der Waals surface area (Å²) >= 11 is 1.33. The number of amides is 1.